The number of sulfonamides is 1. The third-order valence-electron chi connectivity index (χ3n) is 4.78. The lowest BCUT2D eigenvalue weighted by atomic mass is 10.1. The Morgan fingerprint density at radius 2 is 1.82 bits per heavy atom. The third kappa shape index (κ3) is 4.47. The van der Waals surface area contributed by atoms with Gasteiger partial charge < -0.3 is 9.64 Å². The van der Waals surface area contributed by atoms with Crippen LogP contribution in [0.15, 0.2) is 48.5 Å². The summed E-state index contributed by atoms with van der Waals surface area (Å²) in [6.45, 7) is 3.41. The van der Waals surface area contributed by atoms with Crippen LogP contribution in [0.4, 0.5) is 5.69 Å². The monoisotopic (exact) mass is 402 g/mol. The van der Waals surface area contributed by atoms with Gasteiger partial charge >= 0.3 is 0 Å². The van der Waals surface area contributed by atoms with Crippen molar-refractivity contribution >= 4 is 21.6 Å². The van der Waals surface area contributed by atoms with Crippen LogP contribution in [0, 0.1) is 0 Å². The van der Waals surface area contributed by atoms with Gasteiger partial charge in [-0.15, -0.1) is 0 Å². The first kappa shape index (κ1) is 20.2. The SMILES string of the molecule is CCOc1ccccc1CN(C)C(=O)c1ccc(N2CCCCS2(=O)=O)cc1. The minimum Gasteiger partial charge on any atom is -0.494 e. The summed E-state index contributed by atoms with van der Waals surface area (Å²) in [5.41, 5.74) is 2.08. The molecule has 0 unspecified atom stereocenters. The quantitative estimate of drug-likeness (QED) is 0.744. The second-order valence-corrected chi connectivity index (χ2v) is 8.86. The maximum Gasteiger partial charge on any atom is 0.253 e. The highest BCUT2D eigenvalue weighted by Gasteiger charge is 2.26. The van der Waals surface area contributed by atoms with E-state index < -0.39 is 10.0 Å². The Morgan fingerprint density at radius 1 is 1.11 bits per heavy atom. The summed E-state index contributed by atoms with van der Waals surface area (Å²) in [4.78, 5) is 14.4. The Morgan fingerprint density at radius 3 is 2.50 bits per heavy atom. The normalized spacial score (nSPS) is 15.9. The Kier molecular flexibility index (Phi) is 6.24. The summed E-state index contributed by atoms with van der Waals surface area (Å²) < 4.78 is 31.5. The van der Waals surface area contributed by atoms with Gasteiger partial charge in [-0.25, -0.2) is 8.42 Å². The Labute approximate surface area is 166 Å². The maximum absolute atomic E-state index is 12.8. The summed E-state index contributed by atoms with van der Waals surface area (Å²) in [5, 5.41) is 0. The van der Waals surface area contributed by atoms with E-state index in [1.807, 2.05) is 31.2 Å². The molecule has 0 aromatic heterocycles. The zero-order chi connectivity index (χ0) is 20.1. The molecular weight excluding hydrogens is 376 g/mol. The number of ether oxygens (including phenoxy) is 1. The highest BCUT2D eigenvalue weighted by Crippen LogP contribution is 2.25. The van der Waals surface area contributed by atoms with Crippen LogP contribution in [0.5, 0.6) is 5.75 Å². The topological polar surface area (TPSA) is 66.9 Å². The Balaban J connectivity index is 1.72. The maximum atomic E-state index is 12.8. The molecule has 0 spiro atoms. The van der Waals surface area contributed by atoms with Gasteiger partial charge in [0.15, 0.2) is 0 Å². The lowest BCUT2D eigenvalue weighted by molar-refractivity contribution is 0.0784. The van der Waals surface area contributed by atoms with Gasteiger partial charge in [0, 0.05) is 31.3 Å². The van der Waals surface area contributed by atoms with E-state index >= 15 is 0 Å². The number of benzene rings is 2. The number of carbonyl (C=O) groups excluding carboxylic acids is 1. The summed E-state index contributed by atoms with van der Waals surface area (Å²) in [6.07, 6.45) is 1.55. The number of para-hydroxylation sites is 1. The highest BCUT2D eigenvalue weighted by molar-refractivity contribution is 7.92. The van der Waals surface area contributed by atoms with E-state index in [0.29, 0.717) is 37.4 Å². The zero-order valence-electron chi connectivity index (χ0n) is 16.3. The molecule has 1 heterocycles. The molecule has 0 saturated carbocycles. The van der Waals surface area contributed by atoms with E-state index in [9.17, 15) is 13.2 Å². The molecular formula is C21H26N2O4S. The fourth-order valence-corrected chi connectivity index (χ4v) is 4.97. The molecule has 1 fully saturated rings. The van der Waals surface area contributed by atoms with E-state index in [4.69, 9.17) is 4.74 Å². The van der Waals surface area contributed by atoms with Gasteiger partial charge in [0.25, 0.3) is 5.91 Å². The summed E-state index contributed by atoms with van der Waals surface area (Å²) >= 11 is 0. The second-order valence-electron chi connectivity index (χ2n) is 6.84. The molecule has 1 saturated heterocycles. The molecule has 0 aliphatic carbocycles. The van der Waals surface area contributed by atoms with Gasteiger partial charge in [-0.3, -0.25) is 9.10 Å². The Bertz CT molecular complexity index is 926. The molecule has 150 valence electrons. The number of nitrogens with zero attached hydrogens (tertiary/aromatic N) is 2. The molecule has 7 heteroatoms. The van der Waals surface area contributed by atoms with Crippen molar-refractivity contribution in [1.29, 1.82) is 0 Å². The lowest BCUT2D eigenvalue weighted by Crippen LogP contribution is -2.37. The molecule has 2 aromatic carbocycles. The fraction of sp³-hybridized carbons (Fsp3) is 0.381. The standard InChI is InChI=1S/C21H26N2O4S/c1-3-27-20-9-5-4-8-18(20)16-22(2)21(24)17-10-12-19(13-11-17)23-14-6-7-15-28(23,25)26/h4-5,8-13H,3,6-7,14-16H2,1-2H3. The molecule has 0 radical (unpaired) electrons. The van der Waals surface area contributed by atoms with Gasteiger partial charge in [-0.05, 0) is 50.1 Å². The van der Waals surface area contributed by atoms with Crippen LogP contribution in [0.1, 0.15) is 35.7 Å². The predicted molar refractivity (Wildman–Crippen MR) is 110 cm³/mol. The van der Waals surface area contributed by atoms with Crippen molar-refractivity contribution in [2.75, 3.05) is 30.3 Å². The van der Waals surface area contributed by atoms with Crippen molar-refractivity contribution in [2.24, 2.45) is 0 Å². The van der Waals surface area contributed by atoms with Crippen LogP contribution >= 0.6 is 0 Å². The number of anilines is 1. The minimum absolute atomic E-state index is 0.126. The van der Waals surface area contributed by atoms with E-state index in [0.717, 1.165) is 17.7 Å². The molecule has 3 rings (SSSR count). The van der Waals surface area contributed by atoms with Crippen molar-refractivity contribution < 1.29 is 17.9 Å². The van der Waals surface area contributed by atoms with Crippen LogP contribution in [-0.4, -0.2) is 45.2 Å². The molecule has 1 aliphatic heterocycles. The average Bonchev–Trinajstić information content (AvgIpc) is 2.69. The number of hydrogen-bond acceptors (Lipinski definition) is 4. The third-order valence-corrected chi connectivity index (χ3v) is 6.65. The van der Waals surface area contributed by atoms with Crippen molar-refractivity contribution in [3.8, 4) is 5.75 Å². The van der Waals surface area contributed by atoms with E-state index in [-0.39, 0.29) is 11.7 Å². The van der Waals surface area contributed by atoms with Gasteiger partial charge in [0.05, 0.1) is 18.0 Å². The number of hydrogen-bond donors (Lipinski definition) is 0. The molecule has 0 atom stereocenters. The summed E-state index contributed by atoms with van der Waals surface area (Å²) in [6, 6.07) is 14.5. The fourth-order valence-electron chi connectivity index (χ4n) is 3.33. The van der Waals surface area contributed by atoms with E-state index in [1.165, 1.54) is 4.31 Å². The highest BCUT2D eigenvalue weighted by atomic mass is 32.2. The van der Waals surface area contributed by atoms with Crippen LogP contribution in [-0.2, 0) is 16.6 Å². The Hall–Kier alpha value is -2.54. The number of amides is 1. The molecule has 1 aliphatic rings. The average molecular weight is 403 g/mol. The lowest BCUT2D eigenvalue weighted by Gasteiger charge is -2.28. The minimum atomic E-state index is -3.25. The second kappa shape index (κ2) is 8.65. The molecule has 28 heavy (non-hydrogen) atoms. The van der Waals surface area contributed by atoms with Crippen LogP contribution in [0.2, 0.25) is 0 Å². The van der Waals surface area contributed by atoms with Gasteiger partial charge in [0.2, 0.25) is 10.0 Å². The van der Waals surface area contributed by atoms with Crippen LogP contribution < -0.4 is 9.04 Å². The first-order valence-corrected chi connectivity index (χ1v) is 11.1. The zero-order valence-corrected chi connectivity index (χ0v) is 17.1. The smallest absolute Gasteiger partial charge is 0.253 e. The van der Waals surface area contributed by atoms with Gasteiger partial charge in [0.1, 0.15) is 5.75 Å². The largest absolute Gasteiger partial charge is 0.494 e. The number of carbonyl (C=O) groups is 1. The first-order chi connectivity index (χ1) is 13.4. The molecule has 2 aromatic rings. The molecule has 0 N–H and O–H groups in total. The molecule has 6 nitrogen and oxygen atoms in total. The van der Waals surface area contributed by atoms with E-state index in [1.54, 1.807) is 36.2 Å². The van der Waals surface area contributed by atoms with Crippen molar-refractivity contribution in [2.45, 2.75) is 26.3 Å². The van der Waals surface area contributed by atoms with Gasteiger partial charge in [-0.2, -0.15) is 0 Å². The van der Waals surface area contributed by atoms with Crippen LogP contribution in [0.3, 0.4) is 0 Å². The van der Waals surface area contributed by atoms with E-state index in [2.05, 4.69) is 0 Å². The first-order valence-electron chi connectivity index (χ1n) is 9.49. The van der Waals surface area contributed by atoms with Crippen molar-refractivity contribution in [3.05, 3.63) is 59.7 Å². The van der Waals surface area contributed by atoms with Crippen molar-refractivity contribution in [1.82, 2.24) is 4.90 Å². The molecule has 0 bridgehead atoms. The predicted octanol–water partition coefficient (Wildman–Crippen LogP) is 3.29. The number of rotatable bonds is 6. The van der Waals surface area contributed by atoms with Crippen LogP contribution in [0.25, 0.3) is 0 Å². The summed E-state index contributed by atoms with van der Waals surface area (Å²) in [5.74, 6) is 0.824. The summed E-state index contributed by atoms with van der Waals surface area (Å²) in [7, 11) is -1.51. The van der Waals surface area contributed by atoms with Crippen molar-refractivity contribution in [3.63, 3.8) is 0 Å². The van der Waals surface area contributed by atoms with Gasteiger partial charge in [-0.1, -0.05) is 18.2 Å². The molecule has 1 amide bonds.